The summed E-state index contributed by atoms with van der Waals surface area (Å²) in [4.78, 5) is 11.8. The number of aryl methyl sites for hydroxylation is 1. The average Bonchev–Trinajstić information content (AvgIpc) is 3.39. The Labute approximate surface area is 166 Å². The van der Waals surface area contributed by atoms with Gasteiger partial charge in [-0.05, 0) is 56.7 Å². The Bertz CT molecular complexity index is 919. The van der Waals surface area contributed by atoms with Crippen LogP contribution in [0.1, 0.15) is 44.6 Å². The second-order valence-corrected chi connectivity index (χ2v) is 9.86. The van der Waals surface area contributed by atoms with E-state index >= 15 is 0 Å². The summed E-state index contributed by atoms with van der Waals surface area (Å²) in [5, 5.41) is 0. The Balaban J connectivity index is 1.59. The van der Waals surface area contributed by atoms with Crippen molar-refractivity contribution < 1.29 is 26.9 Å². The van der Waals surface area contributed by atoms with Crippen molar-refractivity contribution in [3.63, 3.8) is 0 Å². The molecule has 1 spiro atoms. The molecule has 0 bridgehead atoms. The highest BCUT2D eigenvalue weighted by Gasteiger charge is 2.73. The van der Waals surface area contributed by atoms with Crippen LogP contribution in [0.15, 0.2) is 40.8 Å². The molecule has 6 nitrogen and oxygen atoms in total. The van der Waals surface area contributed by atoms with E-state index in [1.165, 1.54) is 13.2 Å². The normalized spacial score (nSPS) is 35.8. The van der Waals surface area contributed by atoms with Crippen LogP contribution in [-0.2, 0) is 28.6 Å². The monoisotopic (exact) mass is 406 g/mol. The van der Waals surface area contributed by atoms with Crippen LogP contribution in [0.5, 0.6) is 0 Å². The Morgan fingerprint density at radius 3 is 2.64 bits per heavy atom. The fraction of sp³-hybridized carbons (Fsp3) is 0.571. The molecular formula is C21H26O6S. The molecule has 4 rings (SSSR count). The van der Waals surface area contributed by atoms with Crippen molar-refractivity contribution in [1.29, 1.82) is 0 Å². The molecule has 3 aliphatic rings. The lowest BCUT2D eigenvalue weighted by Crippen LogP contribution is -2.53. The second-order valence-electron chi connectivity index (χ2n) is 8.29. The molecule has 1 aromatic rings. The van der Waals surface area contributed by atoms with Gasteiger partial charge in [0.05, 0.1) is 18.1 Å². The SMILES string of the molecule is COC(=O)/C=C1/CC[C@]2(C)[C@@H](OS(=O)(=O)c3ccc(C)cc3)CCC[C@@]23O[C@@H]13. The summed E-state index contributed by atoms with van der Waals surface area (Å²) in [6.45, 7) is 3.98. The van der Waals surface area contributed by atoms with E-state index in [1.54, 1.807) is 24.3 Å². The maximum atomic E-state index is 12.9. The van der Waals surface area contributed by atoms with Gasteiger partial charge in [-0.15, -0.1) is 0 Å². The fourth-order valence-electron chi connectivity index (χ4n) is 4.94. The van der Waals surface area contributed by atoms with Gasteiger partial charge in [-0.3, -0.25) is 4.18 Å². The Kier molecular flexibility index (Phi) is 4.68. The van der Waals surface area contributed by atoms with Crippen LogP contribution >= 0.6 is 0 Å². The number of carbonyl (C=O) groups is 1. The zero-order valence-electron chi connectivity index (χ0n) is 16.4. The van der Waals surface area contributed by atoms with E-state index < -0.39 is 27.2 Å². The summed E-state index contributed by atoms with van der Waals surface area (Å²) in [5.74, 6) is -0.380. The van der Waals surface area contributed by atoms with Crippen LogP contribution < -0.4 is 0 Å². The van der Waals surface area contributed by atoms with E-state index in [0.717, 1.165) is 24.0 Å². The summed E-state index contributed by atoms with van der Waals surface area (Å²) in [6, 6.07) is 6.70. The van der Waals surface area contributed by atoms with Gasteiger partial charge in [0, 0.05) is 11.5 Å². The van der Waals surface area contributed by atoms with E-state index in [9.17, 15) is 13.2 Å². The maximum absolute atomic E-state index is 12.9. The largest absolute Gasteiger partial charge is 0.466 e. The molecular weight excluding hydrogens is 380 g/mol. The number of esters is 1. The molecule has 0 aromatic heterocycles. The van der Waals surface area contributed by atoms with Crippen molar-refractivity contribution in [2.24, 2.45) is 5.41 Å². The van der Waals surface area contributed by atoms with Gasteiger partial charge in [0.15, 0.2) is 0 Å². The molecule has 152 valence electrons. The highest BCUT2D eigenvalue weighted by atomic mass is 32.2. The molecule has 0 radical (unpaired) electrons. The van der Waals surface area contributed by atoms with Crippen LogP contribution in [0.2, 0.25) is 0 Å². The number of rotatable bonds is 4. The van der Waals surface area contributed by atoms with E-state index in [0.29, 0.717) is 19.3 Å². The number of benzene rings is 1. The van der Waals surface area contributed by atoms with E-state index in [4.69, 9.17) is 13.7 Å². The first-order chi connectivity index (χ1) is 13.2. The molecule has 0 amide bonds. The molecule has 4 atom stereocenters. The summed E-state index contributed by atoms with van der Waals surface area (Å²) in [7, 11) is -2.50. The highest BCUT2D eigenvalue weighted by Crippen LogP contribution is 2.66. The van der Waals surface area contributed by atoms with E-state index in [-0.39, 0.29) is 17.0 Å². The molecule has 28 heavy (non-hydrogen) atoms. The van der Waals surface area contributed by atoms with Crippen molar-refractivity contribution in [3.05, 3.63) is 41.5 Å². The van der Waals surface area contributed by atoms with Gasteiger partial charge in [0.2, 0.25) is 0 Å². The number of epoxide rings is 1. The molecule has 1 saturated heterocycles. The van der Waals surface area contributed by atoms with E-state index in [2.05, 4.69) is 6.92 Å². The number of ether oxygens (including phenoxy) is 2. The van der Waals surface area contributed by atoms with Crippen LogP contribution in [0.4, 0.5) is 0 Å². The van der Waals surface area contributed by atoms with E-state index in [1.807, 2.05) is 6.92 Å². The molecule has 7 heteroatoms. The van der Waals surface area contributed by atoms with Crippen LogP contribution in [-0.4, -0.2) is 39.3 Å². The number of carbonyl (C=O) groups excluding carboxylic acids is 1. The van der Waals surface area contributed by atoms with Crippen molar-refractivity contribution in [2.45, 2.75) is 68.7 Å². The third-order valence-electron chi connectivity index (χ3n) is 6.71. The maximum Gasteiger partial charge on any atom is 0.330 e. The lowest BCUT2D eigenvalue weighted by Gasteiger charge is -2.47. The molecule has 1 aliphatic heterocycles. The number of hydrogen-bond acceptors (Lipinski definition) is 6. The van der Waals surface area contributed by atoms with Gasteiger partial charge in [-0.25, -0.2) is 4.79 Å². The third kappa shape index (κ3) is 3.00. The minimum Gasteiger partial charge on any atom is -0.466 e. The predicted octanol–water partition coefficient (Wildman–Crippen LogP) is 3.29. The second kappa shape index (κ2) is 6.68. The predicted molar refractivity (Wildman–Crippen MR) is 102 cm³/mol. The molecule has 1 aromatic carbocycles. The van der Waals surface area contributed by atoms with Gasteiger partial charge >= 0.3 is 5.97 Å². The minimum atomic E-state index is -3.85. The quantitative estimate of drug-likeness (QED) is 0.330. The molecule has 0 N–H and O–H groups in total. The van der Waals surface area contributed by atoms with Crippen molar-refractivity contribution in [3.8, 4) is 0 Å². The lowest BCUT2D eigenvalue weighted by molar-refractivity contribution is -0.134. The van der Waals surface area contributed by atoms with Gasteiger partial charge in [-0.2, -0.15) is 8.42 Å². The third-order valence-corrected chi connectivity index (χ3v) is 8.05. The zero-order valence-corrected chi connectivity index (χ0v) is 17.3. The smallest absolute Gasteiger partial charge is 0.330 e. The lowest BCUT2D eigenvalue weighted by atomic mass is 9.58. The summed E-state index contributed by atoms with van der Waals surface area (Å²) in [6.07, 6.45) is 4.64. The van der Waals surface area contributed by atoms with Crippen LogP contribution in [0.3, 0.4) is 0 Å². The van der Waals surface area contributed by atoms with Gasteiger partial charge in [0.1, 0.15) is 11.7 Å². The molecule has 1 heterocycles. The Morgan fingerprint density at radius 1 is 1.25 bits per heavy atom. The van der Waals surface area contributed by atoms with Gasteiger partial charge in [-0.1, -0.05) is 24.6 Å². The van der Waals surface area contributed by atoms with Gasteiger partial charge < -0.3 is 9.47 Å². The topological polar surface area (TPSA) is 82.2 Å². The van der Waals surface area contributed by atoms with Gasteiger partial charge in [0.25, 0.3) is 10.1 Å². The summed E-state index contributed by atoms with van der Waals surface area (Å²) >= 11 is 0. The summed E-state index contributed by atoms with van der Waals surface area (Å²) < 4.78 is 42.4. The molecule has 2 aliphatic carbocycles. The molecule has 3 fully saturated rings. The Morgan fingerprint density at radius 2 is 1.96 bits per heavy atom. The van der Waals surface area contributed by atoms with Crippen molar-refractivity contribution in [2.75, 3.05) is 7.11 Å². The van der Waals surface area contributed by atoms with Crippen molar-refractivity contribution in [1.82, 2.24) is 0 Å². The first kappa shape index (κ1) is 19.6. The number of hydrogen-bond donors (Lipinski definition) is 0. The molecule has 0 unspecified atom stereocenters. The Hall–Kier alpha value is -1.70. The standard InChI is InChI=1S/C21H26O6S/c1-14-6-8-16(9-7-14)28(23,24)27-17-5-4-11-21-19(26-21)15(13-18(22)25-3)10-12-20(17,21)2/h6-9,13,17,19H,4-5,10-12H2,1-3H3/b15-13-/t17-,19-,20+,21-/m0/s1. The fourth-order valence-corrected chi connectivity index (χ4v) is 6.13. The minimum absolute atomic E-state index is 0.154. The first-order valence-corrected chi connectivity index (χ1v) is 11.1. The van der Waals surface area contributed by atoms with Crippen LogP contribution in [0, 0.1) is 12.3 Å². The van der Waals surface area contributed by atoms with Crippen molar-refractivity contribution >= 4 is 16.1 Å². The number of methoxy groups -OCH3 is 1. The zero-order chi connectivity index (χ0) is 20.2. The average molecular weight is 407 g/mol. The highest BCUT2D eigenvalue weighted by molar-refractivity contribution is 7.86. The first-order valence-electron chi connectivity index (χ1n) is 9.68. The molecule has 2 saturated carbocycles. The van der Waals surface area contributed by atoms with Crippen LogP contribution in [0.25, 0.3) is 0 Å². The summed E-state index contributed by atoms with van der Waals surface area (Å²) in [5.41, 5.74) is 1.07.